The quantitative estimate of drug-likeness (QED) is 0.199. The molecule has 0 radical (unpaired) electrons. The van der Waals surface area contributed by atoms with Crippen molar-refractivity contribution >= 4 is 27.8 Å². The highest BCUT2D eigenvalue weighted by Gasteiger charge is 2.28. The normalized spacial score (nSPS) is 15.0. The van der Waals surface area contributed by atoms with Crippen LogP contribution < -0.4 is 4.90 Å². The number of fused-ring (bicyclic) bond motifs is 3. The SMILES string of the molecule is CCN(Cc1ccc(CN(Cc2nc3ccccc3[nH]2)C2CCCc3cccnc32)cc1)c1cc2ccccc2[nH]1. The van der Waals surface area contributed by atoms with Gasteiger partial charge in [0, 0.05) is 36.7 Å². The zero-order valence-electron chi connectivity index (χ0n) is 23.6. The fraction of sp³-hybridized carbons (Fsp3) is 0.257. The molecule has 3 heterocycles. The van der Waals surface area contributed by atoms with E-state index >= 15 is 0 Å². The van der Waals surface area contributed by atoms with Crippen molar-refractivity contribution in [1.29, 1.82) is 0 Å². The van der Waals surface area contributed by atoms with Gasteiger partial charge in [-0.1, -0.05) is 60.7 Å². The van der Waals surface area contributed by atoms with Crippen LogP contribution >= 0.6 is 0 Å². The van der Waals surface area contributed by atoms with Crippen molar-refractivity contribution in [3.05, 3.63) is 125 Å². The monoisotopic (exact) mass is 540 g/mol. The maximum absolute atomic E-state index is 4.92. The molecule has 3 aromatic carbocycles. The van der Waals surface area contributed by atoms with Crippen molar-refractivity contribution in [2.24, 2.45) is 0 Å². The van der Waals surface area contributed by atoms with Crippen molar-refractivity contribution in [3.8, 4) is 0 Å². The summed E-state index contributed by atoms with van der Waals surface area (Å²) in [6, 6.07) is 32.7. The fourth-order valence-corrected chi connectivity index (χ4v) is 6.29. The third-order valence-corrected chi connectivity index (χ3v) is 8.42. The van der Waals surface area contributed by atoms with Gasteiger partial charge in [-0.05, 0) is 73.2 Å². The van der Waals surface area contributed by atoms with Gasteiger partial charge in [-0.3, -0.25) is 9.88 Å². The van der Waals surface area contributed by atoms with E-state index in [0.29, 0.717) is 0 Å². The second kappa shape index (κ2) is 11.2. The molecule has 41 heavy (non-hydrogen) atoms. The van der Waals surface area contributed by atoms with E-state index in [9.17, 15) is 0 Å². The first-order chi connectivity index (χ1) is 20.2. The van der Waals surface area contributed by atoms with Gasteiger partial charge < -0.3 is 14.9 Å². The van der Waals surface area contributed by atoms with Gasteiger partial charge in [0.05, 0.1) is 29.3 Å². The van der Waals surface area contributed by atoms with Gasteiger partial charge in [-0.15, -0.1) is 0 Å². The highest BCUT2D eigenvalue weighted by atomic mass is 15.2. The Morgan fingerprint density at radius 1 is 0.805 bits per heavy atom. The molecule has 0 saturated heterocycles. The zero-order valence-corrected chi connectivity index (χ0v) is 23.6. The number of para-hydroxylation sites is 3. The Kier molecular flexibility index (Phi) is 6.99. The Morgan fingerprint density at radius 3 is 2.39 bits per heavy atom. The minimum Gasteiger partial charge on any atom is -0.354 e. The summed E-state index contributed by atoms with van der Waals surface area (Å²) in [5.41, 5.74) is 8.51. The molecule has 0 saturated carbocycles. The minimum absolute atomic E-state index is 0.269. The molecule has 6 aromatic rings. The van der Waals surface area contributed by atoms with Gasteiger partial charge in [-0.2, -0.15) is 0 Å². The number of pyridine rings is 1. The van der Waals surface area contributed by atoms with Crippen LogP contribution in [0, 0.1) is 0 Å². The number of aromatic nitrogens is 4. The van der Waals surface area contributed by atoms with Crippen molar-refractivity contribution in [2.75, 3.05) is 11.4 Å². The number of nitrogens with one attached hydrogen (secondary N) is 2. The van der Waals surface area contributed by atoms with E-state index in [2.05, 4.69) is 112 Å². The molecular weight excluding hydrogens is 504 g/mol. The molecule has 1 atom stereocenters. The summed E-state index contributed by atoms with van der Waals surface area (Å²) in [5, 5.41) is 1.25. The Labute approximate surface area is 241 Å². The summed E-state index contributed by atoms with van der Waals surface area (Å²) in [6.07, 6.45) is 5.34. The smallest absolute Gasteiger partial charge is 0.121 e. The maximum atomic E-state index is 4.92. The molecule has 2 N–H and O–H groups in total. The molecule has 1 aliphatic rings. The first-order valence-corrected chi connectivity index (χ1v) is 14.8. The maximum Gasteiger partial charge on any atom is 0.121 e. The second-order valence-corrected chi connectivity index (χ2v) is 11.1. The van der Waals surface area contributed by atoms with Crippen LogP contribution in [0.4, 0.5) is 5.82 Å². The van der Waals surface area contributed by atoms with E-state index in [0.717, 1.165) is 55.9 Å². The molecule has 0 fully saturated rings. The number of benzene rings is 3. The molecule has 3 aromatic heterocycles. The number of aryl methyl sites for hydroxylation is 1. The van der Waals surface area contributed by atoms with E-state index in [-0.39, 0.29) is 6.04 Å². The lowest BCUT2D eigenvalue weighted by Gasteiger charge is -2.34. The number of nitrogens with zero attached hydrogens (tertiary/aromatic N) is 4. The van der Waals surface area contributed by atoms with Gasteiger partial charge in [0.25, 0.3) is 0 Å². The van der Waals surface area contributed by atoms with Crippen LogP contribution in [0.5, 0.6) is 0 Å². The fourth-order valence-electron chi connectivity index (χ4n) is 6.29. The van der Waals surface area contributed by atoms with Crippen LogP contribution in [-0.4, -0.2) is 31.4 Å². The van der Waals surface area contributed by atoms with Gasteiger partial charge in [0.1, 0.15) is 11.6 Å². The Balaban J connectivity index is 1.13. The molecule has 206 valence electrons. The van der Waals surface area contributed by atoms with Crippen LogP contribution in [0.25, 0.3) is 21.9 Å². The van der Waals surface area contributed by atoms with E-state index in [1.807, 2.05) is 12.3 Å². The molecule has 6 nitrogen and oxygen atoms in total. The summed E-state index contributed by atoms with van der Waals surface area (Å²) in [5.74, 6) is 2.17. The van der Waals surface area contributed by atoms with Gasteiger partial charge >= 0.3 is 0 Å². The molecule has 1 aliphatic carbocycles. The lowest BCUT2D eigenvalue weighted by atomic mass is 9.90. The summed E-state index contributed by atoms with van der Waals surface area (Å²) in [4.78, 5) is 21.9. The second-order valence-electron chi connectivity index (χ2n) is 11.1. The first kappa shape index (κ1) is 25.5. The van der Waals surface area contributed by atoms with Crippen LogP contribution in [0.15, 0.2) is 97.2 Å². The highest BCUT2D eigenvalue weighted by Crippen LogP contribution is 2.35. The van der Waals surface area contributed by atoms with Crippen LogP contribution in [0.1, 0.15) is 54.0 Å². The zero-order chi connectivity index (χ0) is 27.6. The largest absolute Gasteiger partial charge is 0.354 e. The lowest BCUT2D eigenvalue weighted by Crippen LogP contribution is -2.31. The van der Waals surface area contributed by atoms with E-state index < -0.39 is 0 Å². The minimum atomic E-state index is 0.269. The van der Waals surface area contributed by atoms with Gasteiger partial charge in [0.15, 0.2) is 0 Å². The van der Waals surface area contributed by atoms with Crippen molar-refractivity contribution in [2.45, 2.75) is 51.9 Å². The number of aromatic amines is 2. The summed E-state index contributed by atoms with van der Waals surface area (Å²) < 4.78 is 0. The van der Waals surface area contributed by atoms with Crippen molar-refractivity contribution in [1.82, 2.24) is 24.8 Å². The average molecular weight is 541 g/mol. The third kappa shape index (κ3) is 5.35. The molecule has 1 unspecified atom stereocenters. The standard InChI is InChI=1S/C35H36N6/c1-2-40(34-21-28-9-3-4-12-29(28)39-34)22-25-16-18-26(19-17-25)23-41(24-33-37-30-13-5-6-14-31(30)38-33)32-15-7-10-27-11-8-20-36-35(27)32/h3-6,8-9,11-14,16-21,32,39H,2,7,10,15,22-24H2,1H3,(H,37,38). The average Bonchev–Trinajstić information content (AvgIpc) is 3.64. The van der Waals surface area contributed by atoms with Crippen LogP contribution in [0.3, 0.4) is 0 Å². The lowest BCUT2D eigenvalue weighted by molar-refractivity contribution is 0.153. The highest BCUT2D eigenvalue weighted by molar-refractivity contribution is 5.84. The molecular formula is C35H36N6. The van der Waals surface area contributed by atoms with Gasteiger partial charge in [-0.25, -0.2) is 4.98 Å². The molecule has 0 aliphatic heterocycles. The van der Waals surface area contributed by atoms with Crippen molar-refractivity contribution in [3.63, 3.8) is 0 Å². The van der Waals surface area contributed by atoms with Gasteiger partial charge in [0.2, 0.25) is 0 Å². The Bertz CT molecular complexity index is 1700. The van der Waals surface area contributed by atoms with E-state index in [4.69, 9.17) is 9.97 Å². The number of rotatable bonds is 9. The predicted octanol–water partition coefficient (Wildman–Crippen LogP) is 7.55. The number of anilines is 1. The topological polar surface area (TPSA) is 63.8 Å². The Hall–Kier alpha value is -4.42. The number of imidazole rings is 1. The van der Waals surface area contributed by atoms with E-state index in [1.165, 1.54) is 45.5 Å². The van der Waals surface area contributed by atoms with Crippen LogP contribution in [0.2, 0.25) is 0 Å². The predicted molar refractivity (Wildman–Crippen MR) is 167 cm³/mol. The molecule has 0 bridgehead atoms. The molecule has 7 rings (SSSR count). The summed E-state index contributed by atoms with van der Waals surface area (Å²) >= 11 is 0. The number of hydrogen-bond donors (Lipinski definition) is 2. The summed E-state index contributed by atoms with van der Waals surface area (Å²) in [7, 11) is 0. The molecule has 6 heteroatoms. The van der Waals surface area contributed by atoms with E-state index in [1.54, 1.807) is 0 Å². The molecule has 0 amide bonds. The number of hydrogen-bond acceptors (Lipinski definition) is 4. The third-order valence-electron chi connectivity index (χ3n) is 8.42. The molecule has 0 spiro atoms. The summed E-state index contributed by atoms with van der Waals surface area (Å²) in [6.45, 7) is 5.62. The van der Waals surface area contributed by atoms with Crippen molar-refractivity contribution < 1.29 is 0 Å². The number of H-pyrrole nitrogens is 2. The van der Waals surface area contributed by atoms with Crippen LogP contribution in [-0.2, 0) is 26.1 Å². The first-order valence-electron chi connectivity index (χ1n) is 14.8. The Morgan fingerprint density at radius 2 is 1.59 bits per heavy atom.